The molecule has 2 heterocycles. The van der Waals surface area contributed by atoms with Gasteiger partial charge in [-0.05, 0) is 49.4 Å². The Hall–Kier alpha value is -1.13. The van der Waals surface area contributed by atoms with Gasteiger partial charge in [-0.2, -0.15) is 11.8 Å². The number of hydrogen-bond acceptors (Lipinski definition) is 4. The zero-order chi connectivity index (χ0) is 13.9. The molecule has 4 heteroatoms. The average molecular weight is 291 g/mol. The third-order valence-electron chi connectivity index (χ3n) is 3.91. The molecule has 2 aromatic rings. The minimum absolute atomic E-state index is 0.234. The summed E-state index contributed by atoms with van der Waals surface area (Å²) in [5.74, 6) is 5.18. The molecule has 1 N–H and O–H groups in total. The summed E-state index contributed by atoms with van der Waals surface area (Å²) < 4.78 is 11.3. The van der Waals surface area contributed by atoms with Crippen molar-refractivity contribution in [3.05, 3.63) is 30.0 Å². The molecule has 1 aromatic carbocycles. The van der Waals surface area contributed by atoms with E-state index in [1.165, 1.54) is 17.9 Å². The predicted molar refractivity (Wildman–Crippen MR) is 84.6 cm³/mol. The first kappa shape index (κ1) is 13.8. The van der Waals surface area contributed by atoms with Crippen LogP contribution < -0.4 is 10.1 Å². The molecular formula is C16H21NO2S. The summed E-state index contributed by atoms with van der Waals surface area (Å²) in [6.07, 6.45) is 1.33. The standard InChI is InChI=1S/C16H21NO2S/c1-11(17-9-12-6-7-20-10-12)15-8-13-4-3-5-14(18-2)16(13)19-15/h3-5,8,11-12,17H,6-7,9-10H2,1-2H3. The summed E-state index contributed by atoms with van der Waals surface area (Å²) in [5, 5.41) is 4.69. The van der Waals surface area contributed by atoms with Crippen molar-refractivity contribution < 1.29 is 9.15 Å². The Labute approximate surface area is 124 Å². The summed E-state index contributed by atoms with van der Waals surface area (Å²) in [5.41, 5.74) is 0.843. The van der Waals surface area contributed by atoms with Crippen molar-refractivity contribution in [3.8, 4) is 5.75 Å². The quantitative estimate of drug-likeness (QED) is 0.907. The summed E-state index contributed by atoms with van der Waals surface area (Å²) in [7, 11) is 1.68. The van der Waals surface area contributed by atoms with E-state index in [1.54, 1.807) is 7.11 Å². The van der Waals surface area contributed by atoms with E-state index >= 15 is 0 Å². The minimum Gasteiger partial charge on any atom is -0.493 e. The maximum Gasteiger partial charge on any atom is 0.176 e. The molecule has 2 atom stereocenters. The number of ether oxygens (including phenoxy) is 1. The summed E-state index contributed by atoms with van der Waals surface area (Å²) in [6, 6.07) is 8.33. The van der Waals surface area contributed by atoms with E-state index in [9.17, 15) is 0 Å². The molecule has 0 spiro atoms. The largest absolute Gasteiger partial charge is 0.493 e. The van der Waals surface area contributed by atoms with Crippen LogP contribution in [0.2, 0.25) is 0 Å². The molecule has 0 amide bonds. The normalized spacial score (nSPS) is 20.4. The van der Waals surface area contributed by atoms with Crippen LogP contribution in [0.1, 0.15) is 25.1 Å². The second-order valence-corrected chi connectivity index (χ2v) is 6.54. The van der Waals surface area contributed by atoms with Gasteiger partial charge in [-0.3, -0.25) is 0 Å². The Balaban J connectivity index is 1.72. The van der Waals surface area contributed by atoms with Gasteiger partial charge in [0.15, 0.2) is 11.3 Å². The fourth-order valence-corrected chi connectivity index (χ4v) is 3.90. The highest BCUT2D eigenvalue weighted by Crippen LogP contribution is 2.31. The summed E-state index contributed by atoms with van der Waals surface area (Å²) in [4.78, 5) is 0. The Morgan fingerprint density at radius 3 is 3.15 bits per heavy atom. The highest BCUT2D eigenvalue weighted by Gasteiger charge is 2.18. The molecule has 2 unspecified atom stereocenters. The van der Waals surface area contributed by atoms with Gasteiger partial charge in [0.2, 0.25) is 0 Å². The van der Waals surface area contributed by atoms with Gasteiger partial charge in [0.25, 0.3) is 0 Å². The SMILES string of the molecule is COc1cccc2cc(C(C)NCC3CCSC3)oc12. The lowest BCUT2D eigenvalue weighted by Gasteiger charge is -2.14. The molecule has 0 bridgehead atoms. The molecule has 0 saturated carbocycles. The third kappa shape index (κ3) is 2.81. The molecule has 20 heavy (non-hydrogen) atoms. The number of fused-ring (bicyclic) bond motifs is 1. The van der Waals surface area contributed by atoms with Crippen LogP contribution in [0.3, 0.4) is 0 Å². The Kier molecular flexibility index (Phi) is 4.22. The van der Waals surface area contributed by atoms with Gasteiger partial charge in [0.05, 0.1) is 13.2 Å². The van der Waals surface area contributed by atoms with Crippen molar-refractivity contribution in [1.29, 1.82) is 0 Å². The molecule has 1 aromatic heterocycles. The zero-order valence-electron chi connectivity index (χ0n) is 12.0. The lowest BCUT2D eigenvalue weighted by Crippen LogP contribution is -2.25. The topological polar surface area (TPSA) is 34.4 Å². The van der Waals surface area contributed by atoms with E-state index in [2.05, 4.69) is 36.1 Å². The van der Waals surface area contributed by atoms with Gasteiger partial charge < -0.3 is 14.5 Å². The number of rotatable bonds is 5. The van der Waals surface area contributed by atoms with E-state index in [-0.39, 0.29) is 6.04 Å². The third-order valence-corrected chi connectivity index (χ3v) is 5.14. The second-order valence-electron chi connectivity index (χ2n) is 5.39. The van der Waals surface area contributed by atoms with Crippen LogP contribution in [0.4, 0.5) is 0 Å². The zero-order valence-corrected chi connectivity index (χ0v) is 12.8. The number of hydrogen-bond donors (Lipinski definition) is 1. The lowest BCUT2D eigenvalue weighted by atomic mass is 10.1. The van der Waals surface area contributed by atoms with E-state index in [0.29, 0.717) is 0 Å². The molecule has 0 radical (unpaired) electrons. The van der Waals surface area contributed by atoms with Crippen molar-refractivity contribution in [3.63, 3.8) is 0 Å². The molecule has 108 valence electrons. The van der Waals surface area contributed by atoms with Gasteiger partial charge in [-0.25, -0.2) is 0 Å². The minimum atomic E-state index is 0.234. The highest BCUT2D eigenvalue weighted by atomic mass is 32.2. The first-order valence-electron chi connectivity index (χ1n) is 7.15. The maximum atomic E-state index is 5.97. The molecular weight excluding hydrogens is 270 g/mol. The van der Waals surface area contributed by atoms with Crippen LogP contribution in [-0.4, -0.2) is 25.2 Å². The maximum absolute atomic E-state index is 5.97. The van der Waals surface area contributed by atoms with Crippen molar-refractivity contribution in [1.82, 2.24) is 5.32 Å². The van der Waals surface area contributed by atoms with Gasteiger partial charge in [-0.1, -0.05) is 12.1 Å². The monoisotopic (exact) mass is 291 g/mol. The van der Waals surface area contributed by atoms with Crippen LogP contribution in [-0.2, 0) is 0 Å². The van der Waals surface area contributed by atoms with Gasteiger partial charge in [0, 0.05) is 5.39 Å². The number of benzene rings is 1. The van der Waals surface area contributed by atoms with Crippen LogP contribution in [0.15, 0.2) is 28.7 Å². The average Bonchev–Trinajstić information content (AvgIpc) is 3.12. The number of methoxy groups -OCH3 is 1. The molecule has 1 fully saturated rings. The van der Waals surface area contributed by atoms with Crippen molar-refractivity contribution in [2.75, 3.05) is 25.2 Å². The molecule has 3 nitrogen and oxygen atoms in total. The second kappa shape index (κ2) is 6.10. The molecule has 1 saturated heterocycles. The fourth-order valence-electron chi connectivity index (χ4n) is 2.62. The molecule has 3 rings (SSSR count). The van der Waals surface area contributed by atoms with Crippen LogP contribution >= 0.6 is 11.8 Å². The van der Waals surface area contributed by atoms with E-state index in [1.807, 2.05) is 12.1 Å². The van der Waals surface area contributed by atoms with E-state index in [0.717, 1.165) is 34.9 Å². The lowest BCUT2D eigenvalue weighted by molar-refractivity contribution is 0.393. The molecule has 1 aliphatic heterocycles. The predicted octanol–water partition coefficient (Wildman–Crippen LogP) is 3.85. The van der Waals surface area contributed by atoms with Crippen molar-refractivity contribution in [2.24, 2.45) is 5.92 Å². The Morgan fingerprint density at radius 2 is 2.40 bits per heavy atom. The number of thioether (sulfide) groups is 1. The molecule has 0 aliphatic carbocycles. The number of nitrogens with one attached hydrogen (secondary N) is 1. The van der Waals surface area contributed by atoms with Crippen molar-refractivity contribution in [2.45, 2.75) is 19.4 Å². The van der Waals surface area contributed by atoms with Crippen LogP contribution in [0, 0.1) is 5.92 Å². The molecule has 1 aliphatic rings. The van der Waals surface area contributed by atoms with E-state index < -0.39 is 0 Å². The number of para-hydroxylation sites is 1. The Morgan fingerprint density at radius 1 is 1.50 bits per heavy atom. The van der Waals surface area contributed by atoms with Gasteiger partial charge in [-0.15, -0.1) is 0 Å². The van der Waals surface area contributed by atoms with Crippen molar-refractivity contribution >= 4 is 22.7 Å². The fraction of sp³-hybridized carbons (Fsp3) is 0.500. The van der Waals surface area contributed by atoms with Gasteiger partial charge >= 0.3 is 0 Å². The Bertz CT molecular complexity index is 575. The van der Waals surface area contributed by atoms with Crippen LogP contribution in [0.5, 0.6) is 5.75 Å². The van der Waals surface area contributed by atoms with Crippen LogP contribution in [0.25, 0.3) is 11.0 Å². The smallest absolute Gasteiger partial charge is 0.176 e. The van der Waals surface area contributed by atoms with E-state index in [4.69, 9.17) is 9.15 Å². The first-order chi connectivity index (χ1) is 9.78. The highest BCUT2D eigenvalue weighted by molar-refractivity contribution is 7.99. The summed E-state index contributed by atoms with van der Waals surface area (Å²) in [6.45, 7) is 3.23. The summed E-state index contributed by atoms with van der Waals surface area (Å²) >= 11 is 2.06. The number of furan rings is 1. The van der Waals surface area contributed by atoms with Gasteiger partial charge in [0.1, 0.15) is 5.76 Å². The first-order valence-corrected chi connectivity index (χ1v) is 8.31.